The van der Waals surface area contributed by atoms with Gasteiger partial charge in [0.05, 0.1) is 22.4 Å². The van der Waals surface area contributed by atoms with Gasteiger partial charge in [0.1, 0.15) is 10.7 Å². The van der Waals surface area contributed by atoms with Crippen LogP contribution in [0.2, 0.25) is 5.02 Å². The van der Waals surface area contributed by atoms with Crippen LogP contribution in [-0.2, 0) is 21.2 Å². The number of aryl methyl sites for hydroxylation is 1. The number of halogens is 2. The first-order valence-electron chi connectivity index (χ1n) is 8.51. The molecule has 28 heavy (non-hydrogen) atoms. The summed E-state index contributed by atoms with van der Waals surface area (Å²) in [4.78, 5) is 11.5. The third-order valence-corrected chi connectivity index (χ3v) is 5.98. The van der Waals surface area contributed by atoms with Crippen LogP contribution in [0, 0.1) is 5.82 Å². The number of anilines is 3. The fourth-order valence-electron chi connectivity index (χ4n) is 2.84. The van der Waals surface area contributed by atoms with Gasteiger partial charge >= 0.3 is 0 Å². The minimum Gasteiger partial charge on any atom is -0.326 e. The second-order valence-corrected chi connectivity index (χ2v) is 8.76. The molecule has 2 aromatic carbocycles. The van der Waals surface area contributed by atoms with Gasteiger partial charge < -0.3 is 5.32 Å². The van der Waals surface area contributed by atoms with Gasteiger partial charge in [-0.05, 0) is 56.2 Å². The topological polar surface area (TPSA) is 98.7 Å². The van der Waals surface area contributed by atoms with E-state index in [0.29, 0.717) is 17.7 Å². The summed E-state index contributed by atoms with van der Waals surface area (Å²) in [5, 5.41) is 13.7. The predicted molar refractivity (Wildman–Crippen MR) is 105 cm³/mol. The summed E-state index contributed by atoms with van der Waals surface area (Å²) in [7, 11) is -4.14. The standard InChI is InChI=1S/C18H19ClFN3O4S/c1-10(2)23(25)16-9-15-11(3-6-18(24)21-15)7-17(16)28(26,27)22-12-4-5-14(20)13(19)8-12/h4-5,7-10,22,25H,3,6H2,1-2H3,(H,21,24). The summed E-state index contributed by atoms with van der Waals surface area (Å²) in [6.07, 6.45) is 0.610. The Balaban J connectivity index is 2.09. The summed E-state index contributed by atoms with van der Waals surface area (Å²) >= 11 is 5.72. The number of nitrogens with zero attached hydrogens (tertiary/aromatic N) is 1. The van der Waals surface area contributed by atoms with Crippen LogP contribution in [-0.4, -0.2) is 25.6 Å². The number of hydrogen-bond acceptors (Lipinski definition) is 5. The number of hydrogen-bond donors (Lipinski definition) is 3. The largest absolute Gasteiger partial charge is 0.326 e. The Hall–Kier alpha value is -2.36. The molecule has 7 nitrogen and oxygen atoms in total. The van der Waals surface area contributed by atoms with E-state index < -0.39 is 21.9 Å². The van der Waals surface area contributed by atoms with E-state index in [0.717, 1.165) is 17.2 Å². The SMILES string of the molecule is CC(C)N(O)c1cc2c(cc1S(=O)(=O)Nc1ccc(F)c(Cl)c1)CCC(=O)N2. The van der Waals surface area contributed by atoms with Crippen LogP contribution in [0.4, 0.5) is 21.5 Å². The van der Waals surface area contributed by atoms with Crippen molar-refractivity contribution in [2.24, 2.45) is 0 Å². The van der Waals surface area contributed by atoms with E-state index in [1.807, 2.05) is 0 Å². The van der Waals surface area contributed by atoms with Gasteiger partial charge in [0, 0.05) is 12.1 Å². The van der Waals surface area contributed by atoms with E-state index in [2.05, 4.69) is 10.0 Å². The molecule has 0 radical (unpaired) electrons. The molecule has 0 saturated carbocycles. The van der Waals surface area contributed by atoms with Crippen LogP contribution >= 0.6 is 11.6 Å². The molecule has 2 aromatic rings. The lowest BCUT2D eigenvalue weighted by molar-refractivity contribution is -0.116. The molecule has 1 heterocycles. The molecule has 3 rings (SSSR count). The number of nitrogens with one attached hydrogen (secondary N) is 2. The maximum atomic E-state index is 13.4. The lowest BCUT2D eigenvalue weighted by atomic mass is 10.0. The highest BCUT2D eigenvalue weighted by atomic mass is 35.5. The molecule has 0 unspecified atom stereocenters. The van der Waals surface area contributed by atoms with Crippen molar-refractivity contribution in [2.75, 3.05) is 15.1 Å². The fraction of sp³-hybridized carbons (Fsp3) is 0.278. The molecule has 0 atom stereocenters. The smallest absolute Gasteiger partial charge is 0.264 e. The summed E-state index contributed by atoms with van der Waals surface area (Å²) in [6, 6.07) is 5.88. The average molecular weight is 428 g/mol. The quantitative estimate of drug-likeness (QED) is 0.631. The predicted octanol–water partition coefficient (Wildman–Crippen LogP) is 3.77. The molecule has 1 aliphatic heterocycles. The minimum absolute atomic E-state index is 0.0108. The first-order valence-corrected chi connectivity index (χ1v) is 10.4. The average Bonchev–Trinajstić information content (AvgIpc) is 2.62. The minimum atomic E-state index is -4.14. The van der Waals surface area contributed by atoms with Crippen molar-refractivity contribution in [3.63, 3.8) is 0 Å². The molecule has 1 aliphatic rings. The summed E-state index contributed by atoms with van der Waals surface area (Å²) in [5.74, 6) is -0.849. The molecule has 0 aliphatic carbocycles. The van der Waals surface area contributed by atoms with E-state index in [1.165, 1.54) is 18.2 Å². The zero-order valence-electron chi connectivity index (χ0n) is 15.2. The Morgan fingerprint density at radius 3 is 2.61 bits per heavy atom. The molecule has 0 aromatic heterocycles. The van der Waals surface area contributed by atoms with Crippen LogP contribution in [0.15, 0.2) is 35.2 Å². The normalized spacial score (nSPS) is 13.9. The molecule has 150 valence electrons. The van der Waals surface area contributed by atoms with Crippen molar-refractivity contribution in [2.45, 2.75) is 37.6 Å². The lowest BCUT2D eigenvalue weighted by Gasteiger charge is -2.27. The Kier molecular flexibility index (Phi) is 5.51. The van der Waals surface area contributed by atoms with Crippen molar-refractivity contribution in [3.8, 4) is 0 Å². The van der Waals surface area contributed by atoms with E-state index in [-0.39, 0.29) is 33.6 Å². The van der Waals surface area contributed by atoms with Crippen molar-refractivity contribution >= 4 is 44.6 Å². The number of carbonyl (C=O) groups is 1. The highest BCUT2D eigenvalue weighted by molar-refractivity contribution is 7.92. The van der Waals surface area contributed by atoms with Crippen molar-refractivity contribution in [3.05, 3.63) is 46.7 Å². The summed E-state index contributed by atoms with van der Waals surface area (Å²) in [5.41, 5.74) is 1.18. The van der Waals surface area contributed by atoms with Crippen molar-refractivity contribution in [1.29, 1.82) is 0 Å². The van der Waals surface area contributed by atoms with Crippen LogP contribution in [0.3, 0.4) is 0 Å². The molecular weight excluding hydrogens is 409 g/mol. The van der Waals surface area contributed by atoms with Crippen LogP contribution in [0.25, 0.3) is 0 Å². The number of hydroxylamine groups is 1. The molecule has 10 heteroatoms. The molecule has 3 N–H and O–H groups in total. The van der Waals surface area contributed by atoms with E-state index in [4.69, 9.17) is 11.6 Å². The fourth-order valence-corrected chi connectivity index (χ4v) is 4.29. The lowest BCUT2D eigenvalue weighted by Crippen LogP contribution is -2.30. The Labute approximate surface area is 167 Å². The zero-order chi connectivity index (χ0) is 20.6. The summed E-state index contributed by atoms with van der Waals surface area (Å²) in [6.45, 7) is 3.36. The molecule has 0 bridgehead atoms. The first-order chi connectivity index (χ1) is 13.1. The number of fused-ring (bicyclic) bond motifs is 1. The highest BCUT2D eigenvalue weighted by Gasteiger charge is 2.27. The second-order valence-electron chi connectivity index (χ2n) is 6.70. The first kappa shape index (κ1) is 20.4. The Morgan fingerprint density at radius 2 is 1.96 bits per heavy atom. The van der Waals surface area contributed by atoms with Gasteiger partial charge in [-0.25, -0.2) is 12.8 Å². The molecule has 0 spiro atoms. The highest BCUT2D eigenvalue weighted by Crippen LogP contribution is 2.35. The molecular formula is C18H19ClFN3O4S. The van der Waals surface area contributed by atoms with Crippen LogP contribution < -0.4 is 15.1 Å². The van der Waals surface area contributed by atoms with E-state index in [1.54, 1.807) is 13.8 Å². The number of sulfonamides is 1. The van der Waals surface area contributed by atoms with E-state index >= 15 is 0 Å². The van der Waals surface area contributed by atoms with Gasteiger partial charge in [-0.1, -0.05) is 11.6 Å². The number of benzene rings is 2. The molecule has 0 fully saturated rings. The van der Waals surface area contributed by atoms with Gasteiger partial charge in [-0.2, -0.15) is 0 Å². The molecule has 0 saturated heterocycles. The van der Waals surface area contributed by atoms with Gasteiger partial charge in [0.15, 0.2) is 0 Å². The van der Waals surface area contributed by atoms with Gasteiger partial charge in [0.2, 0.25) is 5.91 Å². The zero-order valence-corrected chi connectivity index (χ0v) is 16.7. The third-order valence-electron chi connectivity index (χ3n) is 4.28. The summed E-state index contributed by atoms with van der Waals surface area (Å²) < 4.78 is 41.7. The van der Waals surface area contributed by atoms with Gasteiger partial charge in [-0.3, -0.25) is 19.8 Å². The molecule has 1 amide bonds. The Bertz CT molecular complexity index is 1040. The number of amides is 1. The van der Waals surface area contributed by atoms with E-state index in [9.17, 15) is 22.8 Å². The van der Waals surface area contributed by atoms with Crippen molar-refractivity contribution < 1.29 is 22.8 Å². The van der Waals surface area contributed by atoms with Crippen LogP contribution in [0.5, 0.6) is 0 Å². The number of carbonyl (C=O) groups excluding carboxylic acids is 1. The Morgan fingerprint density at radius 1 is 1.25 bits per heavy atom. The maximum Gasteiger partial charge on any atom is 0.264 e. The van der Waals surface area contributed by atoms with Crippen LogP contribution in [0.1, 0.15) is 25.8 Å². The third kappa shape index (κ3) is 4.06. The monoisotopic (exact) mass is 427 g/mol. The van der Waals surface area contributed by atoms with Crippen molar-refractivity contribution in [1.82, 2.24) is 0 Å². The number of rotatable bonds is 5. The van der Waals surface area contributed by atoms with Gasteiger partial charge in [-0.15, -0.1) is 0 Å². The maximum absolute atomic E-state index is 13.4. The van der Waals surface area contributed by atoms with Gasteiger partial charge in [0.25, 0.3) is 10.0 Å². The second kappa shape index (κ2) is 7.57.